The van der Waals surface area contributed by atoms with E-state index in [1.165, 1.54) is 0 Å². The fourth-order valence-electron chi connectivity index (χ4n) is 2.10. The van der Waals surface area contributed by atoms with Gasteiger partial charge in [-0.2, -0.15) is 4.98 Å². The molecule has 1 saturated heterocycles. The first kappa shape index (κ1) is 14.5. The van der Waals surface area contributed by atoms with Gasteiger partial charge in [0.05, 0.1) is 6.61 Å². The average Bonchev–Trinajstić information content (AvgIpc) is 2.52. The van der Waals surface area contributed by atoms with Crippen molar-refractivity contribution >= 4 is 11.9 Å². The Morgan fingerprint density at radius 2 is 2.50 bits per heavy atom. The largest absolute Gasteiger partial charge is 0.478 e. The summed E-state index contributed by atoms with van der Waals surface area (Å²) in [4.78, 5) is 22.5. The number of piperazine rings is 1. The van der Waals surface area contributed by atoms with Gasteiger partial charge in [-0.25, -0.2) is 4.98 Å². The molecule has 1 aliphatic heterocycles. The lowest BCUT2D eigenvalue weighted by Gasteiger charge is -2.34. The van der Waals surface area contributed by atoms with E-state index < -0.39 is 0 Å². The highest BCUT2D eigenvalue weighted by Gasteiger charge is 2.29. The summed E-state index contributed by atoms with van der Waals surface area (Å²) in [5, 5.41) is 5.89. The Hall–Kier alpha value is -1.89. The minimum Gasteiger partial charge on any atom is -0.478 e. The highest BCUT2D eigenvalue weighted by Crippen LogP contribution is 2.16. The second kappa shape index (κ2) is 7.04. The third kappa shape index (κ3) is 3.36. The van der Waals surface area contributed by atoms with E-state index in [0.29, 0.717) is 31.5 Å². The summed E-state index contributed by atoms with van der Waals surface area (Å²) in [5.74, 6) is 1.04. The maximum atomic E-state index is 11.9. The Morgan fingerprint density at radius 3 is 3.25 bits per heavy atom. The maximum Gasteiger partial charge on any atom is 0.243 e. The summed E-state index contributed by atoms with van der Waals surface area (Å²) in [6, 6.07) is 1.44. The van der Waals surface area contributed by atoms with Crippen molar-refractivity contribution in [2.75, 3.05) is 38.2 Å². The van der Waals surface area contributed by atoms with Crippen LogP contribution in [0.15, 0.2) is 12.3 Å². The highest BCUT2D eigenvalue weighted by atomic mass is 16.5. The van der Waals surface area contributed by atoms with E-state index in [9.17, 15) is 4.79 Å². The molecule has 0 saturated carbocycles. The van der Waals surface area contributed by atoms with Crippen LogP contribution in [0.3, 0.4) is 0 Å². The smallest absolute Gasteiger partial charge is 0.243 e. The predicted octanol–water partition coefficient (Wildman–Crippen LogP) is -0.210. The number of amides is 1. The van der Waals surface area contributed by atoms with Crippen LogP contribution in [0, 0.1) is 0 Å². The van der Waals surface area contributed by atoms with Gasteiger partial charge in [0, 0.05) is 38.9 Å². The van der Waals surface area contributed by atoms with Crippen molar-refractivity contribution in [3.8, 4) is 5.88 Å². The van der Waals surface area contributed by atoms with Gasteiger partial charge in [0.2, 0.25) is 17.7 Å². The zero-order valence-electron chi connectivity index (χ0n) is 11.9. The van der Waals surface area contributed by atoms with Gasteiger partial charge >= 0.3 is 0 Å². The minimum absolute atomic E-state index is 0.0410. The van der Waals surface area contributed by atoms with E-state index in [1.807, 2.05) is 11.8 Å². The predicted molar refractivity (Wildman–Crippen MR) is 75.9 cm³/mol. The number of carbonyl (C=O) groups is 1. The normalized spacial score (nSPS) is 18.7. The molecule has 1 fully saturated rings. The number of nitrogens with one attached hydrogen (secondary N) is 2. The topological polar surface area (TPSA) is 79.4 Å². The number of rotatable bonds is 5. The number of hydrogen-bond donors (Lipinski definition) is 2. The molecule has 110 valence electrons. The summed E-state index contributed by atoms with van der Waals surface area (Å²) in [6.45, 7) is 4.74. The van der Waals surface area contributed by atoms with Crippen LogP contribution in [0.5, 0.6) is 5.88 Å². The lowest BCUT2D eigenvalue weighted by atomic mass is 10.2. The number of likely N-dealkylation sites (N-methyl/N-ethyl adjacent to an activating group) is 1. The molecule has 1 aromatic rings. The molecule has 20 heavy (non-hydrogen) atoms. The molecule has 7 nitrogen and oxygen atoms in total. The summed E-state index contributed by atoms with van der Waals surface area (Å²) >= 11 is 0. The molecule has 1 aliphatic rings. The Kier molecular flexibility index (Phi) is 5.11. The lowest BCUT2D eigenvalue weighted by molar-refractivity contribution is -0.122. The Morgan fingerprint density at radius 1 is 1.65 bits per heavy atom. The second-order valence-corrected chi connectivity index (χ2v) is 4.57. The highest BCUT2D eigenvalue weighted by molar-refractivity contribution is 5.85. The van der Waals surface area contributed by atoms with E-state index in [-0.39, 0.29) is 11.9 Å². The zero-order chi connectivity index (χ0) is 14.4. The Balaban J connectivity index is 2.16. The van der Waals surface area contributed by atoms with Crippen molar-refractivity contribution in [1.29, 1.82) is 0 Å². The first-order valence-corrected chi connectivity index (χ1v) is 6.91. The fraction of sp³-hybridized carbons (Fsp3) is 0.615. The third-order valence-corrected chi connectivity index (χ3v) is 3.12. The molecule has 2 rings (SSSR count). The van der Waals surface area contributed by atoms with Crippen LogP contribution in [0.4, 0.5) is 5.95 Å². The van der Waals surface area contributed by atoms with E-state index in [0.717, 1.165) is 13.0 Å². The van der Waals surface area contributed by atoms with Crippen LogP contribution in [-0.2, 0) is 4.79 Å². The van der Waals surface area contributed by atoms with Crippen LogP contribution >= 0.6 is 0 Å². The van der Waals surface area contributed by atoms with Gasteiger partial charge in [-0.1, -0.05) is 6.92 Å². The molecular formula is C13H21N5O2. The van der Waals surface area contributed by atoms with Gasteiger partial charge in [-0.3, -0.25) is 4.79 Å². The number of ether oxygens (including phenoxy) is 1. The summed E-state index contributed by atoms with van der Waals surface area (Å²) in [5.41, 5.74) is 0. The summed E-state index contributed by atoms with van der Waals surface area (Å²) in [7, 11) is 1.64. The Bertz CT molecular complexity index is 454. The van der Waals surface area contributed by atoms with E-state index >= 15 is 0 Å². The monoisotopic (exact) mass is 279 g/mol. The van der Waals surface area contributed by atoms with Gasteiger partial charge in [-0.15, -0.1) is 0 Å². The molecule has 7 heteroatoms. The molecule has 2 heterocycles. The van der Waals surface area contributed by atoms with Gasteiger partial charge in [-0.05, 0) is 6.42 Å². The molecule has 1 amide bonds. The SMILES string of the molecule is CCCOc1ccnc(N2CCNCC2C(=O)NC)n1. The van der Waals surface area contributed by atoms with E-state index in [2.05, 4.69) is 20.6 Å². The quantitative estimate of drug-likeness (QED) is 0.776. The van der Waals surface area contributed by atoms with Crippen LogP contribution in [0.2, 0.25) is 0 Å². The third-order valence-electron chi connectivity index (χ3n) is 3.12. The molecule has 1 atom stereocenters. The van der Waals surface area contributed by atoms with Crippen LogP contribution in [-0.4, -0.2) is 55.2 Å². The lowest BCUT2D eigenvalue weighted by Crippen LogP contribution is -2.58. The molecule has 1 unspecified atom stereocenters. The summed E-state index contributed by atoms with van der Waals surface area (Å²) in [6.07, 6.45) is 2.59. The molecule has 0 aliphatic carbocycles. The molecule has 0 radical (unpaired) electrons. The van der Waals surface area contributed by atoms with E-state index in [1.54, 1.807) is 19.3 Å². The standard InChI is InChI=1S/C13H21N5O2/c1-3-8-20-11-4-5-16-13(17-11)18-7-6-15-9-10(18)12(19)14-2/h4-5,10,15H,3,6-9H2,1-2H3,(H,14,19). The van der Waals surface area contributed by atoms with Gasteiger partial charge in [0.25, 0.3) is 0 Å². The Labute approximate surface area is 118 Å². The van der Waals surface area contributed by atoms with Gasteiger partial charge in [0.1, 0.15) is 6.04 Å². The van der Waals surface area contributed by atoms with Crippen molar-refractivity contribution in [1.82, 2.24) is 20.6 Å². The molecule has 0 spiro atoms. The van der Waals surface area contributed by atoms with Crippen molar-refractivity contribution < 1.29 is 9.53 Å². The molecule has 0 aromatic carbocycles. The van der Waals surface area contributed by atoms with Crippen LogP contribution in [0.1, 0.15) is 13.3 Å². The zero-order valence-corrected chi connectivity index (χ0v) is 11.9. The number of anilines is 1. The van der Waals surface area contributed by atoms with Crippen molar-refractivity contribution in [2.24, 2.45) is 0 Å². The van der Waals surface area contributed by atoms with Crippen molar-refractivity contribution in [2.45, 2.75) is 19.4 Å². The van der Waals surface area contributed by atoms with E-state index in [4.69, 9.17) is 4.74 Å². The molecule has 0 bridgehead atoms. The minimum atomic E-state index is -0.296. The number of hydrogen-bond acceptors (Lipinski definition) is 6. The van der Waals surface area contributed by atoms with Crippen LogP contribution < -0.4 is 20.3 Å². The average molecular weight is 279 g/mol. The second-order valence-electron chi connectivity index (χ2n) is 4.57. The van der Waals surface area contributed by atoms with Gasteiger partial charge < -0.3 is 20.3 Å². The van der Waals surface area contributed by atoms with Crippen LogP contribution in [0.25, 0.3) is 0 Å². The molecule has 2 N–H and O–H groups in total. The number of aromatic nitrogens is 2. The fourth-order valence-corrected chi connectivity index (χ4v) is 2.10. The van der Waals surface area contributed by atoms with Crippen molar-refractivity contribution in [3.63, 3.8) is 0 Å². The summed E-state index contributed by atoms with van der Waals surface area (Å²) < 4.78 is 5.51. The molecular weight excluding hydrogens is 258 g/mol. The maximum absolute atomic E-state index is 11.9. The first-order chi connectivity index (χ1) is 9.76. The first-order valence-electron chi connectivity index (χ1n) is 6.91. The number of nitrogens with zero attached hydrogens (tertiary/aromatic N) is 3. The number of carbonyl (C=O) groups excluding carboxylic acids is 1. The van der Waals surface area contributed by atoms with Crippen molar-refractivity contribution in [3.05, 3.63) is 12.3 Å². The molecule has 1 aromatic heterocycles. The van der Waals surface area contributed by atoms with Gasteiger partial charge in [0.15, 0.2) is 0 Å².